The molecule has 158 valence electrons. The molecule has 0 saturated carbocycles. The molecule has 4 aromatic rings. The number of H-pyrrole nitrogens is 1. The van der Waals surface area contributed by atoms with Crippen molar-refractivity contribution in [3.05, 3.63) is 110 Å². The Morgan fingerprint density at radius 2 is 1.62 bits per heavy atom. The highest BCUT2D eigenvalue weighted by Gasteiger charge is 2.16. The van der Waals surface area contributed by atoms with Crippen molar-refractivity contribution < 1.29 is 14.6 Å². The first-order valence-electron chi connectivity index (χ1n) is 9.38. The Morgan fingerprint density at radius 1 is 0.906 bits per heavy atom. The molecule has 0 aliphatic rings. The average Bonchev–Trinajstić information content (AvgIpc) is 3.22. The van der Waals surface area contributed by atoms with Gasteiger partial charge in [0.15, 0.2) is 5.82 Å². The van der Waals surface area contributed by atoms with E-state index in [9.17, 15) is 25.0 Å². The Balaban J connectivity index is 1.79. The quantitative estimate of drug-likeness (QED) is 0.345. The molecule has 1 heterocycles. The van der Waals surface area contributed by atoms with E-state index in [2.05, 4.69) is 15.3 Å². The van der Waals surface area contributed by atoms with Gasteiger partial charge in [0, 0.05) is 29.8 Å². The van der Waals surface area contributed by atoms with Gasteiger partial charge in [-0.3, -0.25) is 25.0 Å². The molecule has 4 rings (SSSR count). The van der Waals surface area contributed by atoms with Crippen LogP contribution in [0.4, 0.5) is 11.4 Å². The molecule has 10 heteroatoms. The van der Waals surface area contributed by atoms with Crippen LogP contribution in [0, 0.1) is 20.2 Å². The van der Waals surface area contributed by atoms with E-state index in [0.29, 0.717) is 22.2 Å². The van der Waals surface area contributed by atoms with Crippen LogP contribution in [0.25, 0.3) is 22.8 Å². The van der Waals surface area contributed by atoms with E-state index < -0.39 is 15.8 Å². The van der Waals surface area contributed by atoms with E-state index in [1.165, 1.54) is 36.4 Å². The normalized spacial score (nSPS) is 11.3. The van der Waals surface area contributed by atoms with Crippen molar-refractivity contribution >= 4 is 40.1 Å². The second-order valence-corrected chi connectivity index (χ2v) is 6.77. The van der Waals surface area contributed by atoms with E-state index in [1.54, 1.807) is 42.5 Å². The topological polar surface area (TPSA) is 144 Å². The second-order valence-electron chi connectivity index (χ2n) is 6.77. The fourth-order valence-corrected chi connectivity index (χ4v) is 3.08. The predicted molar refractivity (Wildman–Crippen MR) is 118 cm³/mol. The van der Waals surface area contributed by atoms with Crippen LogP contribution in [0.2, 0.25) is 0 Å². The number of benzene rings is 3. The number of rotatable bonds is 6. The minimum atomic E-state index is -0.517. The smallest absolute Gasteiger partial charge is 0.271 e. The van der Waals surface area contributed by atoms with Crippen LogP contribution < -0.4 is 5.32 Å². The van der Waals surface area contributed by atoms with Crippen LogP contribution in [-0.2, 0) is 0 Å². The molecule has 0 fully saturated rings. The lowest BCUT2D eigenvalue weighted by atomic mass is 10.1. The number of nitrogens with one attached hydrogen (secondary N) is 2. The number of hydrogen-bond donors (Lipinski definition) is 2. The number of nitrogens with zero attached hydrogens (tertiary/aromatic N) is 3. The molecular weight excluding hydrogens is 414 g/mol. The van der Waals surface area contributed by atoms with Gasteiger partial charge in [0.1, 0.15) is 0 Å². The summed E-state index contributed by atoms with van der Waals surface area (Å²) in [5, 5.41) is 25.0. The first kappa shape index (κ1) is 20.4. The molecule has 0 saturated heterocycles. The Hall–Kier alpha value is -4.86. The minimum Gasteiger partial charge on any atom is -0.337 e. The van der Waals surface area contributed by atoms with Crippen LogP contribution in [-0.4, -0.2) is 25.7 Å². The van der Waals surface area contributed by atoms with Gasteiger partial charge in [0.05, 0.1) is 26.6 Å². The molecule has 0 unspecified atom stereocenters. The lowest BCUT2D eigenvalue weighted by molar-refractivity contribution is -0.385. The third-order valence-corrected chi connectivity index (χ3v) is 4.61. The zero-order valence-corrected chi connectivity index (χ0v) is 16.4. The summed E-state index contributed by atoms with van der Waals surface area (Å²) < 4.78 is 0. The van der Waals surface area contributed by atoms with E-state index in [4.69, 9.17) is 0 Å². The summed E-state index contributed by atoms with van der Waals surface area (Å²) in [4.78, 5) is 41.3. The van der Waals surface area contributed by atoms with Gasteiger partial charge in [-0.15, -0.1) is 0 Å². The lowest BCUT2D eigenvalue weighted by Gasteiger charge is -2.08. The zero-order chi connectivity index (χ0) is 22.7. The first-order chi connectivity index (χ1) is 15.4. The summed E-state index contributed by atoms with van der Waals surface area (Å²) in [7, 11) is 0. The van der Waals surface area contributed by atoms with Crippen LogP contribution >= 0.6 is 0 Å². The highest BCUT2D eigenvalue weighted by atomic mass is 16.6. The molecule has 3 aromatic carbocycles. The molecule has 32 heavy (non-hydrogen) atoms. The van der Waals surface area contributed by atoms with Gasteiger partial charge in [-0.2, -0.15) is 0 Å². The van der Waals surface area contributed by atoms with E-state index in [0.717, 1.165) is 0 Å². The van der Waals surface area contributed by atoms with Crippen molar-refractivity contribution in [2.75, 3.05) is 0 Å². The molecule has 0 atom stereocenters. The van der Waals surface area contributed by atoms with Crippen molar-refractivity contribution in [1.29, 1.82) is 0 Å². The van der Waals surface area contributed by atoms with Crippen molar-refractivity contribution in [3.8, 4) is 0 Å². The number of carbonyl (C=O) groups excluding carboxylic acids is 1. The standard InChI is InChI=1S/C22H15N5O5/c28-22(15-6-2-1-3-7-15)25-20(12-14-5-4-8-16(11-14)26(29)30)21-23-18-10-9-17(27(31)32)13-19(18)24-21/h1-13H,(H,23,24)(H,25,28)/b20-12-. The molecule has 0 aliphatic carbocycles. The number of aromatic nitrogens is 2. The average molecular weight is 429 g/mol. The molecule has 2 N–H and O–H groups in total. The van der Waals surface area contributed by atoms with Gasteiger partial charge in [-0.1, -0.05) is 30.3 Å². The number of carbonyl (C=O) groups is 1. The Bertz CT molecular complexity index is 1380. The SMILES string of the molecule is O=C(N/C(=C\c1cccc([N+](=O)[O-])c1)c1nc2ccc([N+](=O)[O-])cc2[nH]1)c1ccccc1. The molecular formula is C22H15N5O5. The predicted octanol–water partition coefficient (Wildman–Crippen LogP) is 4.31. The summed E-state index contributed by atoms with van der Waals surface area (Å²) in [6, 6.07) is 18.6. The van der Waals surface area contributed by atoms with E-state index >= 15 is 0 Å². The van der Waals surface area contributed by atoms with Crippen LogP contribution in [0.5, 0.6) is 0 Å². The fraction of sp³-hybridized carbons (Fsp3) is 0. The van der Waals surface area contributed by atoms with Gasteiger partial charge in [0.2, 0.25) is 0 Å². The Morgan fingerprint density at radius 3 is 2.34 bits per heavy atom. The third kappa shape index (κ3) is 4.33. The maximum Gasteiger partial charge on any atom is 0.271 e. The van der Waals surface area contributed by atoms with Crippen molar-refractivity contribution in [1.82, 2.24) is 15.3 Å². The molecule has 0 aliphatic heterocycles. The van der Waals surface area contributed by atoms with Gasteiger partial charge in [0.25, 0.3) is 17.3 Å². The van der Waals surface area contributed by atoms with Gasteiger partial charge in [-0.25, -0.2) is 4.98 Å². The van der Waals surface area contributed by atoms with Crippen LogP contribution in [0.3, 0.4) is 0 Å². The maximum atomic E-state index is 12.8. The second kappa shape index (κ2) is 8.48. The summed E-state index contributed by atoms with van der Waals surface area (Å²) in [6.45, 7) is 0. The van der Waals surface area contributed by atoms with E-state index in [1.807, 2.05) is 0 Å². The Labute approximate surface area is 180 Å². The number of imidazole rings is 1. The fourth-order valence-electron chi connectivity index (χ4n) is 3.08. The molecule has 0 spiro atoms. The van der Waals surface area contributed by atoms with Gasteiger partial charge < -0.3 is 10.3 Å². The van der Waals surface area contributed by atoms with Gasteiger partial charge >= 0.3 is 0 Å². The summed E-state index contributed by atoms with van der Waals surface area (Å²) in [5.41, 5.74) is 1.78. The van der Waals surface area contributed by atoms with Crippen molar-refractivity contribution in [2.45, 2.75) is 0 Å². The number of aromatic amines is 1. The first-order valence-corrected chi connectivity index (χ1v) is 9.38. The number of nitro groups is 2. The highest BCUT2D eigenvalue weighted by molar-refractivity contribution is 6.01. The number of fused-ring (bicyclic) bond motifs is 1. The number of hydrogen-bond acceptors (Lipinski definition) is 6. The maximum absolute atomic E-state index is 12.8. The monoisotopic (exact) mass is 429 g/mol. The number of non-ortho nitro benzene ring substituents is 2. The molecule has 0 bridgehead atoms. The lowest BCUT2D eigenvalue weighted by Crippen LogP contribution is -2.22. The summed E-state index contributed by atoms with van der Waals surface area (Å²) in [6.07, 6.45) is 1.54. The third-order valence-electron chi connectivity index (χ3n) is 4.61. The van der Waals surface area contributed by atoms with Crippen molar-refractivity contribution in [3.63, 3.8) is 0 Å². The van der Waals surface area contributed by atoms with Crippen LogP contribution in [0.1, 0.15) is 21.7 Å². The summed E-state index contributed by atoms with van der Waals surface area (Å²) >= 11 is 0. The van der Waals surface area contributed by atoms with E-state index in [-0.39, 0.29) is 22.9 Å². The van der Waals surface area contributed by atoms with Crippen LogP contribution in [0.15, 0.2) is 72.8 Å². The molecule has 1 amide bonds. The number of nitro benzene ring substituents is 2. The highest BCUT2D eigenvalue weighted by Crippen LogP contribution is 2.23. The molecule has 1 aromatic heterocycles. The van der Waals surface area contributed by atoms with Crippen molar-refractivity contribution in [2.24, 2.45) is 0 Å². The van der Waals surface area contributed by atoms with Gasteiger partial charge in [-0.05, 0) is 29.8 Å². The minimum absolute atomic E-state index is 0.104. The number of amides is 1. The summed E-state index contributed by atoms with van der Waals surface area (Å²) in [5.74, 6) is -0.162. The molecule has 10 nitrogen and oxygen atoms in total. The molecule has 0 radical (unpaired) electrons. The largest absolute Gasteiger partial charge is 0.337 e. The Kier molecular flexibility index (Phi) is 5.41. The zero-order valence-electron chi connectivity index (χ0n) is 16.4.